The number of rotatable bonds is 4. The zero-order valence-electron chi connectivity index (χ0n) is 21.9. The van der Waals surface area contributed by atoms with Crippen LogP contribution in [0.4, 0.5) is 0 Å². The summed E-state index contributed by atoms with van der Waals surface area (Å²) in [5, 5.41) is 32.6. The van der Waals surface area contributed by atoms with Crippen LogP contribution in [-0.2, 0) is 0 Å². The predicted molar refractivity (Wildman–Crippen MR) is 153 cm³/mol. The van der Waals surface area contributed by atoms with E-state index in [-0.39, 0.29) is 11.8 Å². The van der Waals surface area contributed by atoms with E-state index in [9.17, 15) is 20.1 Å². The van der Waals surface area contributed by atoms with Crippen LogP contribution in [0.2, 0.25) is 0 Å². The fourth-order valence-electron chi connectivity index (χ4n) is 5.38. The van der Waals surface area contributed by atoms with Crippen molar-refractivity contribution in [2.24, 2.45) is 0 Å². The highest BCUT2D eigenvalue weighted by atomic mass is 32.1. The molecule has 0 atom stereocenters. The Balaban J connectivity index is 0.000000161. The number of benzene rings is 2. The Morgan fingerprint density at radius 1 is 0.675 bits per heavy atom. The van der Waals surface area contributed by atoms with Crippen LogP contribution >= 0.6 is 23.1 Å². The molecule has 0 spiro atoms. The van der Waals surface area contributed by atoms with Crippen LogP contribution in [0, 0.1) is 22.7 Å². The van der Waals surface area contributed by atoms with E-state index in [4.69, 9.17) is 0 Å². The summed E-state index contributed by atoms with van der Waals surface area (Å²) in [7, 11) is 0. The summed E-state index contributed by atoms with van der Waals surface area (Å²) in [5.74, 6) is -0.407. The van der Waals surface area contributed by atoms with Gasteiger partial charge in [-0.1, -0.05) is 59.6 Å². The number of carbonyl (C=O) groups is 2. The molecule has 40 heavy (non-hydrogen) atoms. The Morgan fingerprint density at radius 2 is 1.07 bits per heavy atom. The maximum absolute atomic E-state index is 12.5. The summed E-state index contributed by atoms with van der Waals surface area (Å²) >= 11 is 2.41. The molecule has 204 valence electrons. The summed E-state index contributed by atoms with van der Waals surface area (Å²) in [6.07, 6.45) is 9.12. The quantitative estimate of drug-likeness (QED) is 0.334. The zero-order chi connectivity index (χ0) is 28.0. The summed E-state index contributed by atoms with van der Waals surface area (Å²) < 4.78 is 9.29. The van der Waals surface area contributed by atoms with Crippen molar-refractivity contribution in [3.05, 3.63) is 47.5 Å². The Labute approximate surface area is 239 Å². The lowest BCUT2D eigenvalue weighted by atomic mass is 9.82. The zero-order valence-corrected chi connectivity index (χ0v) is 23.5. The van der Waals surface area contributed by atoms with E-state index in [1.807, 2.05) is 12.1 Å². The van der Waals surface area contributed by atoms with Gasteiger partial charge in [0.25, 0.3) is 11.8 Å². The van der Waals surface area contributed by atoms with Crippen LogP contribution in [0.3, 0.4) is 0 Å². The molecule has 10 nitrogen and oxygen atoms in total. The largest absolute Gasteiger partial charge is 0.334 e. The lowest BCUT2D eigenvalue weighted by Gasteiger charge is -2.31. The van der Waals surface area contributed by atoms with Crippen molar-refractivity contribution >= 4 is 55.3 Å². The summed E-state index contributed by atoms with van der Waals surface area (Å²) in [4.78, 5) is 25.0. The van der Waals surface area contributed by atoms with Crippen molar-refractivity contribution < 1.29 is 9.59 Å². The normalized spacial score (nSPS) is 17.6. The molecule has 6 rings (SSSR count). The third-order valence-electron chi connectivity index (χ3n) is 7.59. The van der Waals surface area contributed by atoms with Crippen LogP contribution in [-0.4, -0.2) is 42.1 Å². The minimum absolute atomic E-state index is 0.204. The Kier molecular flexibility index (Phi) is 8.29. The second-order valence-corrected chi connectivity index (χ2v) is 11.8. The van der Waals surface area contributed by atoms with E-state index < -0.39 is 11.1 Å². The number of amides is 2. The van der Waals surface area contributed by atoms with Crippen molar-refractivity contribution in [2.45, 2.75) is 75.3 Å². The van der Waals surface area contributed by atoms with Gasteiger partial charge in [-0.15, -0.1) is 10.2 Å². The van der Waals surface area contributed by atoms with Crippen molar-refractivity contribution in [1.29, 1.82) is 10.5 Å². The monoisotopic (exact) mass is 572 g/mol. The van der Waals surface area contributed by atoms with Gasteiger partial charge in [0.1, 0.15) is 22.1 Å². The van der Waals surface area contributed by atoms with Gasteiger partial charge in [-0.25, -0.2) is 0 Å². The number of aromatic nitrogens is 4. The molecular formula is C28H28N8O2S2. The SMILES string of the molecule is N#CC1(NC(=O)c2cccc3nnsc23)CCCCC1.N#CC1(NC(=O)c2cccc3nnsc23)CCCCC1. The second-order valence-electron chi connectivity index (χ2n) is 10.3. The van der Waals surface area contributed by atoms with Crippen LogP contribution in [0.15, 0.2) is 36.4 Å². The number of nitrogens with zero attached hydrogens (tertiary/aromatic N) is 6. The first-order chi connectivity index (χ1) is 19.5. The number of hydrogen-bond acceptors (Lipinski definition) is 10. The molecule has 0 aliphatic heterocycles. The number of nitriles is 2. The van der Waals surface area contributed by atoms with E-state index in [0.29, 0.717) is 11.1 Å². The van der Waals surface area contributed by atoms with Gasteiger partial charge in [0.15, 0.2) is 0 Å². The van der Waals surface area contributed by atoms with Crippen LogP contribution in [0.1, 0.15) is 84.9 Å². The Bertz CT molecular complexity index is 1480. The van der Waals surface area contributed by atoms with Crippen molar-refractivity contribution in [3.63, 3.8) is 0 Å². The third kappa shape index (κ3) is 5.79. The average Bonchev–Trinajstić information content (AvgIpc) is 3.68. The summed E-state index contributed by atoms with van der Waals surface area (Å²) in [6, 6.07) is 15.4. The molecule has 2 saturated carbocycles. The minimum atomic E-state index is -0.713. The first kappa shape index (κ1) is 27.6. The topological polar surface area (TPSA) is 157 Å². The van der Waals surface area contributed by atoms with Gasteiger partial charge in [-0.05, 0) is 73.0 Å². The van der Waals surface area contributed by atoms with E-state index in [1.54, 1.807) is 24.3 Å². The highest BCUT2D eigenvalue weighted by Crippen LogP contribution is 2.30. The van der Waals surface area contributed by atoms with Gasteiger partial charge in [-0.2, -0.15) is 10.5 Å². The molecule has 0 unspecified atom stereocenters. The van der Waals surface area contributed by atoms with Gasteiger partial charge < -0.3 is 10.6 Å². The van der Waals surface area contributed by atoms with Gasteiger partial charge in [-0.3, -0.25) is 9.59 Å². The van der Waals surface area contributed by atoms with Crippen LogP contribution in [0.25, 0.3) is 20.4 Å². The Morgan fingerprint density at radius 3 is 1.45 bits per heavy atom. The molecular weight excluding hydrogens is 544 g/mol. The molecule has 2 amide bonds. The van der Waals surface area contributed by atoms with Gasteiger partial charge in [0, 0.05) is 0 Å². The number of hydrogen-bond donors (Lipinski definition) is 2. The molecule has 2 N–H and O–H groups in total. The lowest BCUT2D eigenvalue weighted by Crippen LogP contribution is -2.48. The highest BCUT2D eigenvalue weighted by Gasteiger charge is 2.35. The molecule has 2 aliphatic carbocycles. The summed E-state index contributed by atoms with van der Waals surface area (Å²) in [6.45, 7) is 0. The number of carbonyl (C=O) groups excluding carboxylic acids is 2. The molecule has 2 aliphatic rings. The number of nitrogens with one attached hydrogen (secondary N) is 2. The fourth-order valence-corrected chi connectivity index (χ4v) is 6.72. The Hall–Kier alpha value is -4.00. The van der Waals surface area contributed by atoms with Crippen LogP contribution in [0.5, 0.6) is 0 Å². The smallest absolute Gasteiger partial charge is 0.254 e. The first-order valence-corrected chi connectivity index (χ1v) is 14.9. The molecule has 4 aromatic rings. The predicted octanol–water partition coefficient (Wildman–Crippen LogP) is 5.30. The molecule has 2 aromatic heterocycles. The van der Waals surface area contributed by atoms with Crippen molar-refractivity contribution in [2.75, 3.05) is 0 Å². The molecule has 0 saturated heterocycles. The van der Waals surface area contributed by atoms with E-state index in [2.05, 4.69) is 41.9 Å². The van der Waals surface area contributed by atoms with Gasteiger partial charge in [0.05, 0.1) is 32.7 Å². The third-order valence-corrected chi connectivity index (χ3v) is 9.14. The fraction of sp³-hybridized carbons (Fsp3) is 0.429. The van der Waals surface area contributed by atoms with Crippen molar-refractivity contribution in [3.8, 4) is 12.1 Å². The molecule has 0 radical (unpaired) electrons. The summed E-state index contributed by atoms with van der Waals surface area (Å²) in [5.41, 5.74) is 1.12. The second kappa shape index (κ2) is 12.0. The standard InChI is InChI=1S/2C14H14N4OS/c2*15-9-14(7-2-1-3-8-14)16-13(19)10-5-4-6-11-12(10)20-18-17-11/h2*4-6H,1-3,7-8H2,(H,16,19). The molecule has 0 bridgehead atoms. The van der Waals surface area contributed by atoms with Gasteiger partial charge >= 0.3 is 0 Å². The molecule has 2 fully saturated rings. The van der Waals surface area contributed by atoms with E-state index in [1.165, 1.54) is 23.1 Å². The maximum atomic E-state index is 12.5. The highest BCUT2D eigenvalue weighted by molar-refractivity contribution is 7.13. The van der Waals surface area contributed by atoms with E-state index in [0.717, 1.165) is 84.6 Å². The van der Waals surface area contributed by atoms with Gasteiger partial charge in [0.2, 0.25) is 0 Å². The van der Waals surface area contributed by atoms with E-state index >= 15 is 0 Å². The molecule has 2 aromatic carbocycles. The number of fused-ring (bicyclic) bond motifs is 2. The van der Waals surface area contributed by atoms with Crippen LogP contribution < -0.4 is 10.6 Å². The van der Waals surface area contributed by atoms with Crippen molar-refractivity contribution in [1.82, 2.24) is 29.8 Å². The maximum Gasteiger partial charge on any atom is 0.254 e. The average molecular weight is 573 g/mol. The molecule has 12 heteroatoms. The lowest BCUT2D eigenvalue weighted by molar-refractivity contribution is 0.0895. The first-order valence-electron chi connectivity index (χ1n) is 13.4. The molecule has 2 heterocycles. The minimum Gasteiger partial charge on any atom is -0.334 e.